The van der Waals surface area contributed by atoms with E-state index in [1.165, 1.54) is 4.90 Å². The Kier molecular flexibility index (Phi) is 7.26. The SMILES string of the molecule is CN=C(NCCSc1ccccc1)NCc1cccc(OC)n1. The number of benzene rings is 1. The van der Waals surface area contributed by atoms with Gasteiger partial charge in [-0.1, -0.05) is 24.3 Å². The van der Waals surface area contributed by atoms with E-state index in [1.807, 2.05) is 36.0 Å². The molecule has 122 valence electrons. The summed E-state index contributed by atoms with van der Waals surface area (Å²) in [5.74, 6) is 2.36. The van der Waals surface area contributed by atoms with Gasteiger partial charge in [0.2, 0.25) is 5.88 Å². The van der Waals surface area contributed by atoms with E-state index in [4.69, 9.17) is 4.74 Å². The lowest BCUT2D eigenvalue weighted by atomic mass is 10.3. The highest BCUT2D eigenvalue weighted by molar-refractivity contribution is 7.99. The van der Waals surface area contributed by atoms with Gasteiger partial charge in [0.1, 0.15) is 0 Å². The Morgan fingerprint density at radius 1 is 1.13 bits per heavy atom. The van der Waals surface area contributed by atoms with Gasteiger partial charge < -0.3 is 15.4 Å². The van der Waals surface area contributed by atoms with Crippen LogP contribution < -0.4 is 15.4 Å². The van der Waals surface area contributed by atoms with Crippen molar-refractivity contribution in [1.82, 2.24) is 15.6 Å². The van der Waals surface area contributed by atoms with Crippen LogP contribution >= 0.6 is 11.8 Å². The number of rotatable bonds is 7. The summed E-state index contributed by atoms with van der Waals surface area (Å²) in [5, 5.41) is 6.54. The van der Waals surface area contributed by atoms with Crippen molar-refractivity contribution in [2.45, 2.75) is 11.4 Å². The number of hydrogen-bond acceptors (Lipinski definition) is 4. The number of thioether (sulfide) groups is 1. The summed E-state index contributed by atoms with van der Waals surface area (Å²) in [4.78, 5) is 9.85. The van der Waals surface area contributed by atoms with Crippen LogP contribution in [0.1, 0.15) is 5.69 Å². The largest absolute Gasteiger partial charge is 0.481 e. The summed E-state index contributed by atoms with van der Waals surface area (Å²) in [6.45, 7) is 1.44. The number of ether oxygens (including phenoxy) is 1. The van der Waals surface area contributed by atoms with Crippen molar-refractivity contribution < 1.29 is 4.74 Å². The lowest BCUT2D eigenvalue weighted by Crippen LogP contribution is -2.38. The first-order chi connectivity index (χ1) is 11.3. The summed E-state index contributed by atoms with van der Waals surface area (Å²) in [6, 6.07) is 16.1. The maximum atomic E-state index is 5.12. The van der Waals surface area contributed by atoms with Crippen LogP contribution in [0.5, 0.6) is 5.88 Å². The molecule has 1 aromatic carbocycles. The fourth-order valence-electron chi connectivity index (χ4n) is 1.92. The second kappa shape index (κ2) is 9.74. The zero-order chi connectivity index (χ0) is 16.3. The Morgan fingerprint density at radius 2 is 1.96 bits per heavy atom. The monoisotopic (exact) mass is 330 g/mol. The first-order valence-electron chi connectivity index (χ1n) is 7.44. The van der Waals surface area contributed by atoms with Crippen molar-refractivity contribution in [1.29, 1.82) is 0 Å². The van der Waals surface area contributed by atoms with E-state index in [9.17, 15) is 0 Å². The summed E-state index contributed by atoms with van der Waals surface area (Å²) in [7, 11) is 3.38. The van der Waals surface area contributed by atoms with Gasteiger partial charge >= 0.3 is 0 Å². The van der Waals surface area contributed by atoms with Crippen LogP contribution in [0, 0.1) is 0 Å². The molecule has 1 heterocycles. The maximum absolute atomic E-state index is 5.12. The molecule has 0 saturated carbocycles. The van der Waals surface area contributed by atoms with E-state index in [2.05, 4.69) is 44.9 Å². The van der Waals surface area contributed by atoms with E-state index < -0.39 is 0 Å². The van der Waals surface area contributed by atoms with E-state index in [1.54, 1.807) is 14.2 Å². The Labute approximate surface area is 141 Å². The quantitative estimate of drug-likeness (QED) is 0.354. The number of methoxy groups -OCH3 is 1. The molecule has 0 amide bonds. The number of aliphatic imine (C=N–C) groups is 1. The number of nitrogens with one attached hydrogen (secondary N) is 2. The molecule has 0 radical (unpaired) electrons. The molecule has 0 atom stereocenters. The second-order valence-corrected chi connectivity index (χ2v) is 5.85. The van der Waals surface area contributed by atoms with Crippen molar-refractivity contribution in [3.63, 3.8) is 0 Å². The standard InChI is InChI=1S/C17H22N4OS/c1-18-17(19-11-12-23-15-8-4-3-5-9-15)20-13-14-7-6-10-16(21-14)22-2/h3-10H,11-13H2,1-2H3,(H2,18,19,20). The molecule has 0 bridgehead atoms. The number of pyridine rings is 1. The van der Waals surface area contributed by atoms with Crippen molar-refractivity contribution in [3.05, 3.63) is 54.2 Å². The fraction of sp³-hybridized carbons (Fsp3) is 0.294. The number of nitrogens with zero attached hydrogens (tertiary/aromatic N) is 2. The Morgan fingerprint density at radius 3 is 2.70 bits per heavy atom. The maximum Gasteiger partial charge on any atom is 0.213 e. The topological polar surface area (TPSA) is 58.5 Å². The molecule has 0 aliphatic heterocycles. The first kappa shape index (κ1) is 17.1. The van der Waals surface area contributed by atoms with Gasteiger partial charge in [-0.2, -0.15) is 0 Å². The molecular formula is C17H22N4OS. The highest BCUT2D eigenvalue weighted by Gasteiger charge is 2.01. The van der Waals surface area contributed by atoms with Crippen LogP contribution in [0.4, 0.5) is 0 Å². The Hall–Kier alpha value is -2.21. The van der Waals surface area contributed by atoms with Gasteiger partial charge in [0.15, 0.2) is 5.96 Å². The number of guanidine groups is 1. The average molecular weight is 330 g/mol. The second-order valence-electron chi connectivity index (χ2n) is 4.69. The minimum absolute atomic E-state index is 0.600. The molecule has 0 saturated heterocycles. The van der Waals surface area contributed by atoms with E-state index in [0.717, 1.165) is 24.0 Å². The van der Waals surface area contributed by atoms with Gasteiger partial charge in [-0.05, 0) is 18.2 Å². The van der Waals surface area contributed by atoms with E-state index in [-0.39, 0.29) is 0 Å². The van der Waals surface area contributed by atoms with E-state index >= 15 is 0 Å². The number of aromatic nitrogens is 1. The molecule has 2 rings (SSSR count). The van der Waals surface area contributed by atoms with Gasteiger partial charge in [0, 0.05) is 30.3 Å². The molecule has 0 spiro atoms. The van der Waals surface area contributed by atoms with Gasteiger partial charge in [-0.25, -0.2) is 4.98 Å². The minimum Gasteiger partial charge on any atom is -0.481 e. The van der Waals surface area contributed by atoms with Crippen molar-refractivity contribution in [2.75, 3.05) is 26.5 Å². The Bertz CT molecular complexity index is 619. The van der Waals surface area contributed by atoms with E-state index in [0.29, 0.717) is 12.4 Å². The van der Waals surface area contributed by atoms with Crippen LogP contribution in [0.3, 0.4) is 0 Å². The smallest absolute Gasteiger partial charge is 0.213 e. The lowest BCUT2D eigenvalue weighted by molar-refractivity contribution is 0.396. The molecule has 23 heavy (non-hydrogen) atoms. The predicted molar refractivity (Wildman–Crippen MR) is 96.2 cm³/mol. The molecule has 5 nitrogen and oxygen atoms in total. The molecule has 0 unspecified atom stereocenters. The molecule has 0 aliphatic rings. The van der Waals surface area contributed by atoms with Crippen molar-refractivity contribution in [2.24, 2.45) is 4.99 Å². The third-order valence-electron chi connectivity index (χ3n) is 3.06. The summed E-state index contributed by atoms with van der Waals surface area (Å²) in [6.07, 6.45) is 0. The van der Waals surface area contributed by atoms with Crippen LogP contribution in [0.2, 0.25) is 0 Å². The van der Waals surface area contributed by atoms with Gasteiger partial charge in [0.25, 0.3) is 0 Å². The van der Waals surface area contributed by atoms with Crippen LogP contribution in [-0.2, 0) is 6.54 Å². The molecule has 6 heteroatoms. The zero-order valence-electron chi connectivity index (χ0n) is 13.5. The number of hydrogen-bond donors (Lipinski definition) is 2. The molecule has 1 aromatic heterocycles. The summed E-state index contributed by atoms with van der Waals surface area (Å²) < 4.78 is 5.12. The molecule has 2 N–H and O–H groups in total. The minimum atomic E-state index is 0.600. The van der Waals surface area contributed by atoms with Gasteiger partial charge in [-0.3, -0.25) is 4.99 Å². The third kappa shape index (κ3) is 6.20. The zero-order valence-corrected chi connectivity index (χ0v) is 14.3. The van der Waals surface area contributed by atoms with Crippen LogP contribution in [0.25, 0.3) is 0 Å². The average Bonchev–Trinajstić information content (AvgIpc) is 2.62. The van der Waals surface area contributed by atoms with Crippen LogP contribution in [0.15, 0.2) is 58.4 Å². The van der Waals surface area contributed by atoms with Crippen LogP contribution in [-0.4, -0.2) is 37.4 Å². The van der Waals surface area contributed by atoms with Gasteiger partial charge in [-0.15, -0.1) is 11.8 Å². The summed E-state index contributed by atoms with van der Waals surface area (Å²) in [5.41, 5.74) is 0.908. The lowest BCUT2D eigenvalue weighted by Gasteiger charge is -2.11. The molecular weight excluding hydrogens is 308 g/mol. The Balaban J connectivity index is 1.71. The third-order valence-corrected chi connectivity index (χ3v) is 4.07. The molecule has 0 aliphatic carbocycles. The fourth-order valence-corrected chi connectivity index (χ4v) is 2.71. The summed E-state index contributed by atoms with van der Waals surface area (Å²) >= 11 is 1.82. The highest BCUT2D eigenvalue weighted by atomic mass is 32.2. The molecule has 2 aromatic rings. The highest BCUT2D eigenvalue weighted by Crippen LogP contribution is 2.15. The predicted octanol–water partition coefficient (Wildman–Crippen LogP) is 2.55. The van der Waals surface area contributed by atoms with Gasteiger partial charge in [0.05, 0.1) is 19.3 Å². The molecule has 0 fully saturated rings. The van der Waals surface area contributed by atoms with Crippen molar-refractivity contribution >= 4 is 17.7 Å². The normalized spacial score (nSPS) is 11.1. The first-order valence-corrected chi connectivity index (χ1v) is 8.42. The van der Waals surface area contributed by atoms with Crippen molar-refractivity contribution in [3.8, 4) is 5.88 Å².